The molecule has 6 heteroatoms. The number of aromatic nitrogens is 1. The number of halogens is 3. The molecule has 1 aromatic heterocycles. The lowest BCUT2D eigenvalue weighted by Crippen LogP contribution is -2.37. The topological polar surface area (TPSA) is 24.9 Å². The van der Waals surface area contributed by atoms with E-state index in [2.05, 4.69) is 10.3 Å². The highest BCUT2D eigenvalue weighted by atomic mass is 32.1. The summed E-state index contributed by atoms with van der Waals surface area (Å²) in [5, 5.41) is 5.83. The van der Waals surface area contributed by atoms with Gasteiger partial charge in [-0.1, -0.05) is 0 Å². The van der Waals surface area contributed by atoms with Gasteiger partial charge in [0, 0.05) is 18.0 Å². The van der Waals surface area contributed by atoms with E-state index >= 15 is 0 Å². The molecule has 0 amide bonds. The van der Waals surface area contributed by atoms with Gasteiger partial charge in [0.2, 0.25) is 0 Å². The second-order valence-corrected chi connectivity index (χ2v) is 5.00. The van der Waals surface area contributed by atoms with E-state index in [0.717, 1.165) is 5.01 Å². The number of nitrogens with one attached hydrogen (secondary N) is 1. The van der Waals surface area contributed by atoms with Crippen molar-refractivity contribution in [2.75, 3.05) is 6.54 Å². The highest BCUT2D eigenvalue weighted by Crippen LogP contribution is 2.23. The molecule has 1 rings (SSSR count). The number of nitrogens with zero attached hydrogens (tertiary/aromatic N) is 1. The first-order valence-electron chi connectivity index (χ1n) is 5.03. The highest BCUT2D eigenvalue weighted by Gasteiger charge is 2.27. The molecule has 0 aliphatic rings. The van der Waals surface area contributed by atoms with Gasteiger partial charge in [0.1, 0.15) is 5.01 Å². The maximum atomic E-state index is 11.9. The monoisotopic (exact) mass is 252 g/mol. The standard InChI is InChI=1S/C10H15F3N2S/c1-9(2,8-14-6-7-16-8)15-5-3-4-10(11,12)13/h6-7,15H,3-5H2,1-2H3. The normalized spacial score (nSPS) is 13.1. The van der Waals surface area contributed by atoms with Crippen LogP contribution in [-0.4, -0.2) is 17.7 Å². The SMILES string of the molecule is CC(C)(NCCCC(F)(F)F)c1nccs1. The second kappa shape index (κ2) is 5.14. The minimum Gasteiger partial charge on any atom is -0.306 e. The average Bonchev–Trinajstić information content (AvgIpc) is 2.64. The summed E-state index contributed by atoms with van der Waals surface area (Å²) in [6.07, 6.45) is -3.02. The molecule has 2 nitrogen and oxygen atoms in total. The zero-order valence-electron chi connectivity index (χ0n) is 9.27. The van der Waals surface area contributed by atoms with E-state index in [1.807, 2.05) is 19.2 Å². The number of rotatable bonds is 5. The molecule has 0 aliphatic heterocycles. The van der Waals surface area contributed by atoms with Crippen molar-refractivity contribution in [3.63, 3.8) is 0 Å². The molecule has 92 valence electrons. The van der Waals surface area contributed by atoms with Crippen LogP contribution in [0.2, 0.25) is 0 Å². The van der Waals surface area contributed by atoms with Gasteiger partial charge in [-0.3, -0.25) is 0 Å². The molecule has 1 N–H and O–H groups in total. The number of hydrogen-bond donors (Lipinski definition) is 1. The van der Waals surface area contributed by atoms with Gasteiger partial charge >= 0.3 is 6.18 Å². The van der Waals surface area contributed by atoms with E-state index in [4.69, 9.17) is 0 Å². The third kappa shape index (κ3) is 4.49. The van der Waals surface area contributed by atoms with E-state index in [0.29, 0.717) is 6.54 Å². The third-order valence-corrected chi connectivity index (χ3v) is 3.27. The van der Waals surface area contributed by atoms with Gasteiger partial charge in [-0.25, -0.2) is 4.98 Å². The maximum absolute atomic E-state index is 11.9. The lowest BCUT2D eigenvalue weighted by Gasteiger charge is -2.24. The molecule has 1 aromatic rings. The summed E-state index contributed by atoms with van der Waals surface area (Å²) >= 11 is 1.50. The van der Waals surface area contributed by atoms with E-state index in [1.54, 1.807) is 6.20 Å². The predicted molar refractivity (Wildman–Crippen MR) is 58.4 cm³/mol. The van der Waals surface area contributed by atoms with Gasteiger partial charge in [0.05, 0.1) is 5.54 Å². The fourth-order valence-electron chi connectivity index (χ4n) is 1.30. The van der Waals surface area contributed by atoms with Crippen LogP contribution in [-0.2, 0) is 5.54 Å². The Labute approximate surface area is 96.9 Å². The molecule has 0 fully saturated rings. The largest absolute Gasteiger partial charge is 0.389 e. The zero-order valence-corrected chi connectivity index (χ0v) is 10.1. The van der Waals surface area contributed by atoms with Crippen LogP contribution in [0.5, 0.6) is 0 Å². The van der Waals surface area contributed by atoms with Crippen molar-refractivity contribution < 1.29 is 13.2 Å². The summed E-state index contributed by atoms with van der Waals surface area (Å²) in [4.78, 5) is 4.15. The molecule has 0 unspecified atom stereocenters. The molecule has 0 atom stereocenters. The van der Waals surface area contributed by atoms with Crippen molar-refractivity contribution in [2.24, 2.45) is 0 Å². The van der Waals surface area contributed by atoms with Crippen LogP contribution in [0.15, 0.2) is 11.6 Å². The van der Waals surface area contributed by atoms with Crippen LogP contribution in [0.25, 0.3) is 0 Å². The summed E-state index contributed by atoms with van der Waals surface area (Å²) in [6, 6.07) is 0. The van der Waals surface area contributed by atoms with E-state index in [9.17, 15) is 13.2 Å². The Kier molecular flexibility index (Phi) is 4.32. The Bertz CT molecular complexity index is 306. The van der Waals surface area contributed by atoms with Gasteiger partial charge in [-0.2, -0.15) is 13.2 Å². The van der Waals surface area contributed by atoms with Gasteiger partial charge in [-0.05, 0) is 26.8 Å². The quantitative estimate of drug-likeness (QED) is 0.813. The number of alkyl halides is 3. The van der Waals surface area contributed by atoms with Crippen molar-refractivity contribution in [2.45, 2.75) is 38.4 Å². The molecule has 0 aromatic carbocycles. The summed E-state index contributed by atoms with van der Waals surface area (Å²) in [7, 11) is 0. The van der Waals surface area contributed by atoms with Crippen molar-refractivity contribution in [3.8, 4) is 0 Å². The molecule has 0 saturated carbocycles. The van der Waals surface area contributed by atoms with Crippen molar-refractivity contribution in [3.05, 3.63) is 16.6 Å². The van der Waals surface area contributed by atoms with Gasteiger partial charge in [0.25, 0.3) is 0 Å². The molecule has 0 radical (unpaired) electrons. The van der Waals surface area contributed by atoms with E-state index in [-0.39, 0.29) is 12.0 Å². The van der Waals surface area contributed by atoms with Crippen LogP contribution >= 0.6 is 11.3 Å². The fourth-order valence-corrected chi connectivity index (χ4v) is 2.04. The van der Waals surface area contributed by atoms with Crippen LogP contribution in [0, 0.1) is 0 Å². The number of thiazole rings is 1. The molecule has 0 saturated heterocycles. The minimum absolute atomic E-state index is 0.0955. The Balaban J connectivity index is 2.32. The van der Waals surface area contributed by atoms with Gasteiger partial charge < -0.3 is 5.32 Å². The first-order valence-corrected chi connectivity index (χ1v) is 5.91. The summed E-state index contributed by atoms with van der Waals surface area (Å²) in [5.41, 5.74) is -0.361. The Morgan fingerprint density at radius 1 is 1.38 bits per heavy atom. The summed E-state index contributed by atoms with van der Waals surface area (Å²) in [6.45, 7) is 4.17. The molecular weight excluding hydrogens is 237 g/mol. The van der Waals surface area contributed by atoms with Crippen LogP contribution < -0.4 is 5.32 Å². The highest BCUT2D eigenvalue weighted by molar-refractivity contribution is 7.09. The molecule has 0 aliphatic carbocycles. The Morgan fingerprint density at radius 2 is 2.06 bits per heavy atom. The average molecular weight is 252 g/mol. The van der Waals surface area contributed by atoms with Crippen LogP contribution in [0.4, 0.5) is 13.2 Å². The molecule has 1 heterocycles. The predicted octanol–water partition coefficient (Wildman–Crippen LogP) is 3.31. The third-order valence-electron chi connectivity index (χ3n) is 2.17. The smallest absolute Gasteiger partial charge is 0.306 e. The Hall–Kier alpha value is -0.620. The molecular formula is C10H15F3N2S. The maximum Gasteiger partial charge on any atom is 0.389 e. The van der Waals surface area contributed by atoms with Gasteiger partial charge in [-0.15, -0.1) is 11.3 Å². The summed E-state index contributed by atoms with van der Waals surface area (Å²) < 4.78 is 35.7. The summed E-state index contributed by atoms with van der Waals surface area (Å²) in [5.74, 6) is 0. The zero-order chi connectivity index (χ0) is 12.2. The van der Waals surface area contributed by atoms with Crippen molar-refractivity contribution in [1.82, 2.24) is 10.3 Å². The minimum atomic E-state index is -4.06. The molecule has 0 bridgehead atoms. The molecule has 16 heavy (non-hydrogen) atoms. The second-order valence-electron chi connectivity index (χ2n) is 4.11. The fraction of sp³-hybridized carbons (Fsp3) is 0.700. The lowest BCUT2D eigenvalue weighted by molar-refractivity contribution is -0.135. The van der Waals surface area contributed by atoms with E-state index < -0.39 is 12.6 Å². The first kappa shape index (κ1) is 13.4. The Morgan fingerprint density at radius 3 is 2.56 bits per heavy atom. The van der Waals surface area contributed by atoms with Crippen LogP contribution in [0.3, 0.4) is 0 Å². The van der Waals surface area contributed by atoms with E-state index in [1.165, 1.54) is 11.3 Å². The molecule has 0 spiro atoms. The first-order chi connectivity index (χ1) is 7.31. The van der Waals surface area contributed by atoms with Gasteiger partial charge in [0.15, 0.2) is 0 Å². The van der Waals surface area contributed by atoms with Crippen molar-refractivity contribution >= 4 is 11.3 Å². The lowest BCUT2D eigenvalue weighted by atomic mass is 10.1. The number of hydrogen-bond acceptors (Lipinski definition) is 3. The van der Waals surface area contributed by atoms with Crippen LogP contribution in [0.1, 0.15) is 31.7 Å². The van der Waals surface area contributed by atoms with Crippen molar-refractivity contribution in [1.29, 1.82) is 0 Å².